The number of phenols is 1. The maximum atomic E-state index is 11.5. The highest BCUT2D eigenvalue weighted by atomic mass is 16.5. The van der Waals surface area contributed by atoms with Gasteiger partial charge in [-0.25, -0.2) is 0 Å². The number of hydrogen-bond acceptors (Lipinski definition) is 3. The van der Waals surface area contributed by atoms with Crippen molar-refractivity contribution in [2.75, 3.05) is 7.11 Å². The monoisotopic (exact) mass is 206 g/mol. The minimum absolute atomic E-state index is 0.0996. The van der Waals surface area contributed by atoms with E-state index in [-0.39, 0.29) is 16.9 Å². The Labute approximate surface area is 88.7 Å². The van der Waals surface area contributed by atoms with Crippen LogP contribution in [-0.2, 0) is 10.2 Å². The van der Waals surface area contributed by atoms with Gasteiger partial charge in [0.25, 0.3) is 0 Å². The molecule has 0 atom stereocenters. The normalized spacial score (nSPS) is 17.2. The van der Waals surface area contributed by atoms with Crippen LogP contribution in [-0.4, -0.2) is 18.0 Å². The van der Waals surface area contributed by atoms with E-state index in [4.69, 9.17) is 4.74 Å². The van der Waals surface area contributed by atoms with Gasteiger partial charge in [0.2, 0.25) is 0 Å². The fourth-order valence-corrected chi connectivity index (χ4v) is 1.96. The molecule has 0 unspecified atom stereocenters. The molecule has 80 valence electrons. The third-order valence-corrected chi connectivity index (χ3v) is 3.16. The Morgan fingerprint density at radius 3 is 2.53 bits per heavy atom. The molecular weight excluding hydrogens is 192 g/mol. The van der Waals surface area contributed by atoms with E-state index in [2.05, 4.69) is 0 Å². The van der Waals surface area contributed by atoms with Crippen molar-refractivity contribution < 1.29 is 14.6 Å². The number of Topliss-reactive ketones (excluding diaryl/α,β-unsaturated/α-hetero) is 1. The van der Waals surface area contributed by atoms with Gasteiger partial charge in [0.05, 0.1) is 12.5 Å². The van der Waals surface area contributed by atoms with Crippen LogP contribution in [0.2, 0.25) is 0 Å². The summed E-state index contributed by atoms with van der Waals surface area (Å²) in [4.78, 5) is 11.5. The minimum Gasteiger partial charge on any atom is -0.504 e. The Bertz CT molecular complexity index is 405. The zero-order valence-electron chi connectivity index (χ0n) is 8.91. The second-order valence-corrected chi connectivity index (χ2v) is 4.02. The number of hydrogen-bond donors (Lipinski definition) is 1. The summed E-state index contributed by atoms with van der Waals surface area (Å²) >= 11 is 0. The Kier molecular flexibility index (Phi) is 2.18. The van der Waals surface area contributed by atoms with Gasteiger partial charge in [-0.05, 0) is 37.5 Å². The number of ether oxygens (including phenoxy) is 1. The molecule has 2 rings (SSSR count). The minimum atomic E-state index is -0.330. The molecule has 0 spiro atoms. The van der Waals surface area contributed by atoms with Crippen LogP contribution in [0.1, 0.15) is 25.3 Å². The van der Waals surface area contributed by atoms with E-state index >= 15 is 0 Å². The number of carbonyl (C=O) groups excluding carboxylic acids is 1. The van der Waals surface area contributed by atoms with E-state index in [0.717, 1.165) is 18.4 Å². The van der Waals surface area contributed by atoms with E-state index in [0.29, 0.717) is 5.75 Å². The van der Waals surface area contributed by atoms with Crippen molar-refractivity contribution in [2.24, 2.45) is 0 Å². The van der Waals surface area contributed by atoms with Gasteiger partial charge >= 0.3 is 0 Å². The van der Waals surface area contributed by atoms with Crippen molar-refractivity contribution in [2.45, 2.75) is 25.2 Å². The molecule has 0 heterocycles. The van der Waals surface area contributed by atoms with E-state index in [1.54, 1.807) is 19.1 Å². The van der Waals surface area contributed by atoms with Crippen molar-refractivity contribution in [1.82, 2.24) is 0 Å². The third kappa shape index (κ3) is 1.48. The van der Waals surface area contributed by atoms with Crippen LogP contribution in [0.4, 0.5) is 0 Å². The number of methoxy groups -OCH3 is 1. The maximum absolute atomic E-state index is 11.5. The van der Waals surface area contributed by atoms with Gasteiger partial charge in [-0.15, -0.1) is 0 Å². The molecule has 1 aromatic carbocycles. The lowest BCUT2D eigenvalue weighted by molar-refractivity contribution is -0.119. The molecule has 0 bridgehead atoms. The molecule has 1 fully saturated rings. The molecule has 1 saturated carbocycles. The van der Waals surface area contributed by atoms with Crippen molar-refractivity contribution >= 4 is 5.78 Å². The predicted molar refractivity (Wildman–Crippen MR) is 56.3 cm³/mol. The zero-order valence-corrected chi connectivity index (χ0v) is 8.91. The second-order valence-electron chi connectivity index (χ2n) is 4.02. The summed E-state index contributed by atoms with van der Waals surface area (Å²) in [6.07, 6.45) is 1.77. The van der Waals surface area contributed by atoms with E-state index in [9.17, 15) is 9.90 Å². The molecule has 3 heteroatoms. The van der Waals surface area contributed by atoms with E-state index in [1.807, 2.05) is 6.07 Å². The first-order valence-electron chi connectivity index (χ1n) is 4.99. The lowest BCUT2D eigenvalue weighted by Gasteiger charge is -2.13. The molecule has 3 nitrogen and oxygen atoms in total. The fraction of sp³-hybridized carbons (Fsp3) is 0.417. The standard InChI is InChI=1S/C12H14O3/c1-8(13)12(5-6-12)9-3-4-11(15-2)10(14)7-9/h3-4,7,14H,5-6H2,1-2H3. The number of carbonyl (C=O) groups is 1. The number of ketones is 1. The van der Waals surface area contributed by atoms with Gasteiger partial charge in [0.15, 0.2) is 11.5 Å². The van der Waals surface area contributed by atoms with Crippen LogP contribution in [0.15, 0.2) is 18.2 Å². The summed E-state index contributed by atoms with van der Waals surface area (Å²) in [6.45, 7) is 1.61. The quantitative estimate of drug-likeness (QED) is 0.823. The molecule has 1 aliphatic rings. The van der Waals surface area contributed by atoms with Crippen molar-refractivity contribution in [3.8, 4) is 11.5 Å². The summed E-state index contributed by atoms with van der Waals surface area (Å²) in [5.41, 5.74) is 0.567. The highest BCUT2D eigenvalue weighted by Crippen LogP contribution is 2.50. The average Bonchev–Trinajstić information content (AvgIpc) is 2.98. The van der Waals surface area contributed by atoms with Crippen molar-refractivity contribution in [3.05, 3.63) is 23.8 Å². The van der Waals surface area contributed by atoms with Gasteiger partial charge in [-0.1, -0.05) is 6.07 Å². The highest BCUT2D eigenvalue weighted by Gasteiger charge is 2.48. The van der Waals surface area contributed by atoms with Crippen LogP contribution < -0.4 is 4.74 Å². The Morgan fingerprint density at radius 2 is 2.13 bits per heavy atom. The largest absolute Gasteiger partial charge is 0.504 e. The van der Waals surface area contributed by atoms with Crippen LogP contribution in [0.25, 0.3) is 0 Å². The molecule has 1 aromatic rings. The van der Waals surface area contributed by atoms with Gasteiger partial charge in [0, 0.05) is 0 Å². The van der Waals surface area contributed by atoms with E-state index < -0.39 is 0 Å². The summed E-state index contributed by atoms with van der Waals surface area (Å²) in [5.74, 6) is 0.715. The average molecular weight is 206 g/mol. The molecule has 1 aliphatic carbocycles. The SMILES string of the molecule is COc1ccc(C2(C(C)=O)CC2)cc1O. The first-order chi connectivity index (χ1) is 7.10. The lowest BCUT2D eigenvalue weighted by Crippen LogP contribution is -2.16. The zero-order chi connectivity index (χ0) is 11.1. The van der Waals surface area contributed by atoms with Crippen molar-refractivity contribution in [1.29, 1.82) is 0 Å². The Balaban J connectivity index is 2.39. The number of benzene rings is 1. The summed E-state index contributed by atoms with van der Waals surface area (Å²) in [7, 11) is 1.51. The molecule has 0 amide bonds. The molecule has 0 aromatic heterocycles. The van der Waals surface area contributed by atoms with Crippen LogP contribution in [0, 0.1) is 0 Å². The molecular formula is C12H14O3. The predicted octanol–water partition coefficient (Wildman–Crippen LogP) is 2.02. The highest BCUT2D eigenvalue weighted by molar-refractivity contribution is 5.91. The van der Waals surface area contributed by atoms with Gasteiger partial charge in [-0.2, -0.15) is 0 Å². The molecule has 0 aliphatic heterocycles. The van der Waals surface area contributed by atoms with E-state index in [1.165, 1.54) is 7.11 Å². The van der Waals surface area contributed by atoms with Crippen LogP contribution in [0.5, 0.6) is 11.5 Å². The Morgan fingerprint density at radius 1 is 1.47 bits per heavy atom. The van der Waals surface area contributed by atoms with Gasteiger partial charge in [0.1, 0.15) is 5.78 Å². The third-order valence-electron chi connectivity index (χ3n) is 3.16. The van der Waals surface area contributed by atoms with Gasteiger partial charge < -0.3 is 9.84 Å². The Hall–Kier alpha value is -1.51. The summed E-state index contributed by atoms with van der Waals surface area (Å²) in [5, 5.41) is 9.63. The molecule has 15 heavy (non-hydrogen) atoms. The second kappa shape index (κ2) is 3.26. The van der Waals surface area contributed by atoms with Crippen LogP contribution >= 0.6 is 0 Å². The van der Waals surface area contributed by atoms with Crippen LogP contribution in [0.3, 0.4) is 0 Å². The number of phenolic OH excluding ortho intramolecular Hbond substituents is 1. The van der Waals surface area contributed by atoms with Crippen molar-refractivity contribution in [3.63, 3.8) is 0 Å². The first kappa shape index (κ1) is 10.0. The lowest BCUT2D eigenvalue weighted by atomic mass is 9.92. The first-order valence-corrected chi connectivity index (χ1v) is 4.99. The number of rotatable bonds is 3. The van der Waals surface area contributed by atoms with Gasteiger partial charge in [-0.3, -0.25) is 4.79 Å². The maximum Gasteiger partial charge on any atom is 0.160 e. The molecule has 1 N–H and O–H groups in total. The molecule has 0 radical (unpaired) electrons. The number of aromatic hydroxyl groups is 1. The topological polar surface area (TPSA) is 46.5 Å². The smallest absolute Gasteiger partial charge is 0.160 e. The summed E-state index contributed by atoms with van der Waals surface area (Å²) in [6, 6.07) is 5.19. The molecule has 0 saturated heterocycles. The summed E-state index contributed by atoms with van der Waals surface area (Å²) < 4.78 is 4.96. The fourth-order valence-electron chi connectivity index (χ4n) is 1.96.